The molecule has 1 aliphatic carbocycles. The van der Waals surface area contributed by atoms with Crippen molar-refractivity contribution in [3.63, 3.8) is 0 Å². The van der Waals surface area contributed by atoms with Crippen LogP contribution < -0.4 is 10.6 Å². The summed E-state index contributed by atoms with van der Waals surface area (Å²) < 4.78 is 0. The summed E-state index contributed by atoms with van der Waals surface area (Å²) >= 11 is 6.23. The van der Waals surface area contributed by atoms with Crippen molar-refractivity contribution in [1.29, 1.82) is 0 Å². The Balaban J connectivity index is 1.61. The van der Waals surface area contributed by atoms with Crippen molar-refractivity contribution in [2.45, 2.75) is 38.8 Å². The van der Waals surface area contributed by atoms with Crippen LogP contribution in [0.4, 0.5) is 0 Å². The van der Waals surface area contributed by atoms with E-state index >= 15 is 0 Å². The molecule has 2 nitrogen and oxygen atoms in total. The van der Waals surface area contributed by atoms with Crippen LogP contribution in [0, 0.1) is 6.92 Å². The van der Waals surface area contributed by atoms with Crippen molar-refractivity contribution in [3.8, 4) is 0 Å². The van der Waals surface area contributed by atoms with E-state index in [0.29, 0.717) is 0 Å². The van der Waals surface area contributed by atoms with E-state index in [1.165, 1.54) is 24.8 Å². The molecule has 3 heteroatoms. The van der Waals surface area contributed by atoms with Crippen molar-refractivity contribution < 1.29 is 0 Å². The van der Waals surface area contributed by atoms with Gasteiger partial charge in [-0.25, -0.2) is 0 Å². The molecule has 0 aromatic heterocycles. The fraction of sp³-hybridized carbons (Fsp3) is 0.571. The number of hydrogen-bond acceptors (Lipinski definition) is 2. The maximum absolute atomic E-state index is 6.23. The van der Waals surface area contributed by atoms with Gasteiger partial charge in [-0.2, -0.15) is 0 Å². The molecule has 94 valence electrons. The summed E-state index contributed by atoms with van der Waals surface area (Å²) in [5.41, 5.74) is 2.35. The Bertz CT molecular complexity index is 361. The lowest BCUT2D eigenvalue weighted by Gasteiger charge is -2.08. The van der Waals surface area contributed by atoms with Crippen LogP contribution in [0.1, 0.15) is 30.4 Å². The molecule has 0 bridgehead atoms. The van der Waals surface area contributed by atoms with Crippen LogP contribution in [0.2, 0.25) is 5.02 Å². The van der Waals surface area contributed by atoms with Gasteiger partial charge in [-0.3, -0.25) is 0 Å². The molecule has 1 aromatic rings. The SMILES string of the molecule is Cc1cccc(CNCCCNC2CC2)c1Cl. The first-order chi connectivity index (χ1) is 8.27. The average Bonchev–Trinajstić information content (AvgIpc) is 3.12. The molecule has 1 saturated carbocycles. The standard InChI is InChI=1S/C14H21ClN2/c1-11-4-2-5-12(14(11)15)10-16-8-3-9-17-13-6-7-13/h2,4-5,13,16-17H,3,6-10H2,1H3. The van der Waals surface area contributed by atoms with Gasteiger partial charge in [0.15, 0.2) is 0 Å². The number of benzene rings is 1. The zero-order valence-corrected chi connectivity index (χ0v) is 11.2. The molecule has 0 atom stereocenters. The van der Waals surface area contributed by atoms with Gasteiger partial charge in [0.2, 0.25) is 0 Å². The third-order valence-electron chi connectivity index (χ3n) is 3.13. The minimum Gasteiger partial charge on any atom is -0.314 e. The second-order valence-electron chi connectivity index (χ2n) is 4.81. The number of nitrogens with one attached hydrogen (secondary N) is 2. The molecule has 0 amide bonds. The molecule has 1 aliphatic rings. The highest BCUT2D eigenvalue weighted by Gasteiger charge is 2.19. The molecular formula is C14H21ClN2. The van der Waals surface area contributed by atoms with Crippen LogP contribution in [0.25, 0.3) is 0 Å². The molecule has 2 N–H and O–H groups in total. The minimum atomic E-state index is 0.821. The third kappa shape index (κ3) is 4.30. The largest absolute Gasteiger partial charge is 0.314 e. The first-order valence-corrected chi connectivity index (χ1v) is 6.83. The summed E-state index contributed by atoms with van der Waals surface area (Å²) in [5.74, 6) is 0. The highest BCUT2D eigenvalue weighted by molar-refractivity contribution is 6.32. The van der Waals surface area contributed by atoms with Crippen molar-refractivity contribution >= 4 is 11.6 Å². The lowest BCUT2D eigenvalue weighted by atomic mass is 10.1. The van der Waals surface area contributed by atoms with Crippen molar-refractivity contribution in [2.24, 2.45) is 0 Å². The fourth-order valence-electron chi connectivity index (χ4n) is 1.87. The van der Waals surface area contributed by atoms with Crippen molar-refractivity contribution in [3.05, 3.63) is 34.3 Å². The lowest BCUT2D eigenvalue weighted by molar-refractivity contribution is 0.593. The van der Waals surface area contributed by atoms with E-state index < -0.39 is 0 Å². The third-order valence-corrected chi connectivity index (χ3v) is 3.67. The molecule has 0 unspecified atom stereocenters. The summed E-state index contributed by atoms with van der Waals surface area (Å²) in [6.07, 6.45) is 3.92. The number of rotatable bonds is 7. The van der Waals surface area contributed by atoms with Crippen LogP contribution in [0.5, 0.6) is 0 Å². The molecule has 1 fully saturated rings. The Morgan fingerprint density at radius 2 is 2.12 bits per heavy atom. The predicted molar refractivity (Wildman–Crippen MR) is 73.5 cm³/mol. The normalized spacial score (nSPS) is 15.2. The fourth-order valence-corrected chi connectivity index (χ4v) is 2.07. The van der Waals surface area contributed by atoms with Gasteiger partial charge in [0.1, 0.15) is 0 Å². The van der Waals surface area contributed by atoms with E-state index in [-0.39, 0.29) is 0 Å². The molecule has 17 heavy (non-hydrogen) atoms. The first kappa shape index (κ1) is 12.9. The van der Waals surface area contributed by atoms with Gasteiger partial charge in [0.05, 0.1) is 0 Å². The predicted octanol–water partition coefficient (Wildman–Crippen LogP) is 2.88. The van der Waals surface area contributed by atoms with Gasteiger partial charge in [-0.1, -0.05) is 29.8 Å². The second-order valence-corrected chi connectivity index (χ2v) is 5.18. The van der Waals surface area contributed by atoms with E-state index in [0.717, 1.165) is 36.3 Å². The summed E-state index contributed by atoms with van der Waals surface area (Å²) in [5, 5.41) is 7.85. The Hall–Kier alpha value is -0.570. The Kier molecular flexibility index (Phi) is 4.84. The maximum atomic E-state index is 6.23. The average molecular weight is 253 g/mol. The zero-order valence-electron chi connectivity index (χ0n) is 10.4. The molecule has 1 aromatic carbocycles. The van der Waals surface area contributed by atoms with Gasteiger partial charge < -0.3 is 10.6 Å². The van der Waals surface area contributed by atoms with E-state index in [2.05, 4.69) is 22.8 Å². The molecule has 0 spiro atoms. The van der Waals surface area contributed by atoms with Gasteiger partial charge in [-0.15, -0.1) is 0 Å². The smallest absolute Gasteiger partial charge is 0.0480 e. The Labute approximate surface area is 109 Å². The van der Waals surface area contributed by atoms with Crippen LogP contribution >= 0.6 is 11.6 Å². The maximum Gasteiger partial charge on any atom is 0.0480 e. The molecule has 0 aliphatic heterocycles. The zero-order chi connectivity index (χ0) is 12.1. The Morgan fingerprint density at radius 1 is 1.29 bits per heavy atom. The van der Waals surface area contributed by atoms with E-state index in [9.17, 15) is 0 Å². The highest BCUT2D eigenvalue weighted by Crippen LogP contribution is 2.20. The molecule has 0 heterocycles. The Morgan fingerprint density at radius 3 is 2.88 bits per heavy atom. The van der Waals surface area contributed by atoms with Gasteiger partial charge >= 0.3 is 0 Å². The number of halogens is 1. The summed E-state index contributed by atoms with van der Waals surface area (Å²) in [7, 11) is 0. The molecular weight excluding hydrogens is 232 g/mol. The topological polar surface area (TPSA) is 24.1 Å². The number of aryl methyl sites for hydroxylation is 1. The van der Waals surface area contributed by atoms with Crippen LogP contribution in [0.15, 0.2) is 18.2 Å². The second kappa shape index (κ2) is 6.39. The number of hydrogen-bond donors (Lipinski definition) is 2. The first-order valence-electron chi connectivity index (χ1n) is 6.45. The lowest BCUT2D eigenvalue weighted by Crippen LogP contribution is -2.23. The van der Waals surface area contributed by atoms with E-state index in [1.54, 1.807) is 0 Å². The highest BCUT2D eigenvalue weighted by atomic mass is 35.5. The summed E-state index contributed by atoms with van der Waals surface area (Å²) in [4.78, 5) is 0. The van der Waals surface area contributed by atoms with Gasteiger partial charge in [-0.05, 0) is 50.4 Å². The molecule has 0 radical (unpaired) electrons. The van der Waals surface area contributed by atoms with Crippen LogP contribution in [-0.2, 0) is 6.54 Å². The van der Waals surface area contributed by atoms with E-state index in [4.69, 9.17) is 11.6 Å². The van der Waals surface area contributed by atoms with Crippen LogP contribution in [0.3, 0.4) is 0 Å². The minimum absolute atomic E-state index is 0.821. The van der Waals surface area contributed by atoms with Gasteiger partial charge in [0.25, 0.3) is 0 Å². The molecule has 0 saturated heterocycles. The van der Waals surface area contributed by atoms with Crippen molar-refractivity contribution in [1.82, 2.24) is 10.6 Å². The molecule has 2 rings (SSSR count). The quantitative estimate of drug-likeness (QED) is 0.730. The summed E-state index contributed by atoms with van der Waals surface area (Å²) in [6, 6.07) is 7.02. The van der Waals surface area contributed by atoms with E-state index in [1.807, 2.05) is 13.0 Å². The van der Waals surface area contributed by atoms with Crippen molar-refractivity contribution in [2.75, 3.05) is 13.1 Å². The monoisotopic (exact) mass is 252 g/mol. The summed E-state index contributed by atoms with van der Waals surface area (Å²) in [6.45, 7) is 5.08. The van der Waals surface area contributed by atoms with Gasteiger partial charge in [0, 0.05) is 17.6 Å². The van der Waals surface area contributed by atoms with Crippen LogP contribution in [-0.4, -0.2) is 19.1 Å².